The highest BCUT2D eigenvalue weighted by Crippen LogP contribution is 2.31. The van der Waals surface area contributed by atoms with Gasteiger partial charge in [-0.05, 0) is 30.7 Å². The lowest BCUT2D eigenvalue weighted by atomic mass is 9.78. The molecule has 1 aromatic rings. The first-order chi connectivity index (χ1) is 9.08. The molecule has 0 saturated heterocycles. The molecule has 3 N–H and O–H groups in total. The summed E-state index contributed by atoms with van der Waals surface area (Å²) in [7, 11) is 0. The molecule has 0 radical (unpaired) electrons. The van der Waals surface area contributed by atoms with Gasteiger partial charge in [0.2, 0.25) is 5.95 Å². The molecule has 0 bridgehead atoms. The Morgan fingerprint density at radius 1 is 1.42 bits per heavy atom. The van der Waals surface area contributed by atoms with Crippen molar-refractivity contribution in [3.63, 3.8) is 0 Å². The van der Waals surface area contributed by atoms with Crippen LogP contribution in [0, 0.1) is 11.8 Å². The quantitative estimate of drug-likeness (QED) is 0.829. The van der Waals surface area contributed by atoms with Crippen LogP contribution in [-0.2, 0) is 0 Å². The van der Waals surface area contributed by atoms with Crippen LogP contribution in [0.1, 0.15) is 45.2 Å². The molecular formula is C14H22N4S. The summed E-state index contributed by atoms with van der Waals surface area (Å²) >= 11 is 4.95. The van der Waals surface area contributed by atoms with E-state index in [0.717, 1.165) is 0 Å². The first-order valence-corrected chi connectivity index (χ1v) is 7.38. The molecule has 2 unspecified atom stereocenters. The van der Waals surface area contributed by atoms with Crippen LogP contribution in [0.4, 0.5) is 5.95 Å². The normalized spacial score (nSPS) is 23.3. The van der Waals surface area contributed by atoms with Gasteiger partial charge in [0.15, 0.2) is 0 Å². The molecule has 19 heavy (non-hydrogen) atoms. The number of aromatic nitrogens is 2. The monoisotopic (exact) mass is 278 g/mol. The summed E-state index contributed by atoms with van der Waals surface area (Å²) in [5.41, 5.74) is 6.23. The molecule has 1 saturated carbocycles. The van der Waals surface area contributed by atoms with Gasteiger partial charge in [0.1, 0.15) is 10.7 Å². The van der Waals surface area contributed by atoms with Crippen molar-refractivity contribution in [2.45, 2.75) is 45.6 Å². The minimum absolute atomic E-state index is 0.314. The fourth-order valence-electron chi connectivity index (χ4n) is 2.87. The Morgan fingerprint density at radius 3 is 2.84 bits per heavy atom. The van der Waals surface area contributed by atoms with Gasteiger partial charge in [0.25, 0.3) is 0 Å². The minimum atomic E-state index is 0.314. The molecule has 1 aliphatic carbocycles. The summed E-state index contributed by atoms with van der Waals surface area (Å²) in [5, 5.41) is 3.47. The summed E-state index contributed by atoms with van der Waals surface area (Å²) in [6.07, 6.45) is 6.77. The summed E-state index contributed by atoms with van der Waals surface area (Å²) in [6.45, 7) is 4.58. The fourth-order valence-corrected chi connectivity index (χ4v) is 2.98. The number of thiocarbonyl (C=S) groups is 1. The van der Waals surface area contributed by atoms with E-state index in [2.05, 4.69) is 29.1 Å². The Balaban J connectivity index is 2.10. The van der Waals surface area contributed by atoms with Crippen LogP contribution >= 0.6 is 12.2 Å². The van der Waals surface area contributed by atoms with Gasteiger partial charge >= 0.3 is 0 Å². The highest BCUT2D eigenvalue weighted by atomic mass is 32.1. The molecule has 5 heteroatoms. The number of hydrogen-bond donors (Lipinski definition) is 2. The minimum Gasteiger partial charge on any atom is -0.388 e. The van der Waals surface area contributed by atoms with E-state index >= 15 is 0 Å². The van der Waals surface area contributed by atoms with E-state index in [-0.39, 0.29) is 0 Å². The number of nitrogens with two attached hydrogens (primary N) is 1. The first-order valence-electron chi connectivity index (χ1n) is 6.97. The van der Waals surface area contributed by atoms with Crippen LogP contribution in [0.2, 0.25) is 0 Å². The summed E-state index contributed by atoms with van der Waals surface area (Å²) in [4.78, 5) is 8.96. The van der Waals surface area contributed by atoms with E-state index in [9.17, 15) is 0 Å². The summed E-state index contributed by atoms with van der Waals surface area (Å²) in [5.74, 6) is 2.00. The Kier molecular flexibility index (Phi) is 4.69. The van der Waals surface area contributed by atoms with Gasteiger partial charge in [-0.25, -0.2) is 9.97 Å². The lowest BCUT2D eigenvalue weighted by Gasteiger charge is -2.34. The molecular weight excluding hydrogens is 256 g/mol. The Morgan fingerprint density at radius 2 is 2.16 bits per heavy atom. The molecule has 2 atom stereocenters. The molecule has 0 spiro atoms. The topological polar surface area (TPSA) is 63.8 Å². The maximum atomic E-state index is 5.60. The van der Waals surface area contributed by atoms with Crippen LogP contribution in [0.25, 0.3) is 0 Å². The summed E-state index contributed by atoms with van der Waals surface area (Å²) in [6, 6.07) is 2.20. The first kappa shape index (κ1) is 14.2. The van der Waals surface area contributed by atoms with Crippen molar-refractivity contribution in [3.05, 3.63) is 18.0 Å². The zero-order chi connectivity index (χ0) is 13.8. The van der Waals surface area contributed by atoms with Crippen molar-refractivity contribution in [3.8, 4) is 0 Å². The second-order valence-electron chi connectivity index (χ2n) is 5.57. The smallest absolute Gasteiger partial charge is 0.223 e. The second kappa shape index (κ2) is 6.28. The lowest BCUT2D eigenvalue weighted by Crippen LogP contribution is -2.36. The van der Waals surface area contributed by atoms with Crippen molar-refractivity contribution in [1.82, 2.24) is 9.97 Å². The van der Waals surface area contributed by atoms with Crippen molar-refractivity contribution in [1.29, 1.82) is 0 Å². The van der Waals surface area contributed by atoms with Crippen LogP contribution in [0.15, 0.2) is 12.3 Å². The third-order valence-electron chi connectivity index (χ3n) is 3.90. The second-order valence-corrected chi connectivity index (χ2v) is 6.01. The van der Waals surface area contributed by atoms with Gasteiger partial charge in [-0.2, -0.15) is 0 Å². The molecule has 1 aliphatic rings. The number of anilines is 1. The van der Waals surface area contributed by atoms with E-state index < -0.39 is 0 Å². The molecule has 0 aromatic carbocycles. The standard InChI is InChI=1S/C14H22N4S/c1-9(2)10-5-3-4-6-11(10)17-14-16-8-7-12(18-14)13(15)19/h7-11H,3-6H2,1-2H3,(H2,15,19)(H,16,17,18). The molecule has 104 valence electrons. The predicted octanol–water partition coefficient (Wildman–Crippen LogP) is 2.74. The zero-order valence-electron chi connectivity index (χ0n) is 11.6. The predicted molar refractivity (Wildman–Crippen MR) is 82.1 cm³/mol. The van der Waals surface area contributed by atoms with Crippen molar-refractivity contribution >= 4 is 23.2 Å². The largest absolute Gasteiger partial charge is 0.388 e. The van der Waals surface area contributed by atoms with Crippen LogP contribution in [-0.4, -0.2) is 21.0 Å². The van der Waals surface area contributed by atoms with E-state index in [1.54, 1.807) is 12.3 Å². The molecule has 1 fully saturated rings. The molecule has 2 rings (SSSR count). The Bertz CT molecular complexity index is 447. The molecule has 1 aromatic heterocycles. The highest BCUT2D eigenvalue weighted by molar-refractivity contribution is 7.80. The number of rotatable bonds is 4. The Labute approximate surface area is 120 Å². The molecule has 4 nitrogen and oxygen atoms in total. The average molecular weight is 278 g/mol. The van der Waals surface area contributed by atoms with Crippen molar-refractivity contribution in [2.24, 2.45) is 17.6 Å². The molecule has 0 amide bonds. The van der Waals surface area contributed by atoms with Crippen LogP contribution < -0.4 is 11.1 Å². The van der Waals surface area contributed by atoms with Gasteiger partial charge < -0.3 is 11.1 Å². The van der Waals surface area contributed by atoms with E-state index in [0.29, 0.717) is 34.5 Å². The van der Waals surface area contributed by atoms with Gasteiger partial charge in [-0.3, -0.25) is 0 Å². The zero-order valence-corrected chi connectivity index (χ0v) is 12.4. The highest BCUT2D eigenvalue weighted by Gasteiger charge is 2.27. The number of nitrogens with one attached hydrogen (secondary N) is 1. The third-order valence-corrected chi connectivity index (χ3v) is 4.11. The van der Waals surface area contributed by atoms with Crippen LogP contribution in [0.3, 0.4) is 0 Å². The maximum absolute atomic E-state index is 5.60. The van der Waals surface area contributed by atoms with E-state index in [4.69, 9.17) is 18.0 Å². The van der Waals surface area contributed by atoms with E-state index in [1.807, 2.05) is 0 Å². The molecule has 0 aliphatic heterocycles. The fraction of sp³-hybridized carbons (Fsp3) is 0.643. The number of hydrogen-bond acceptors (Lipinski definition) is 4. The SMILES string of the molecule is CC(C)C1CCCCC1Nc1nccc(C(N)=S)n1. The maximum Gasteiger partial charge on any atom is 0.223 e. The molecule has 1 heterocycles. The summed E-state index contributed by atoms with van der Waals surface area (Å²) < 4.78 is 0. The van der Waals surface area contributed by atoms with Gasteiger partial charge in [-0.15, -0.1) is 0 Å². The average Bonchev–Trinajstić information content (AvgIpc) is 2.39. The van der Waals surface area contributed by atoms with Gasteiger partial charge in [-0.1, -0.05) is 38.9 Å². The van der Waals surface area contributed by atoms with Gasteiger partial charge in [0, 0.05) is 12.2 Å². The van der Waals surface area contributed by atoms with Crippen molar-refractivity contribution in [2.75, 3.05) is 5.32 Å². The third kappa shape index (κ3) is 3.62. The van der Waals surface area contributed by atoms with Gasteiger partial charge in [0.05, 0.1) is 0 Å². The number of nitrogens with zero attached hydrogens (tertiary/aromatic N) is 2. The lowest BCUT2D eigenvalue weighted by molar-refractivity contribution is 0.253. The van der Waals surface area contributed by atoms with E-state index in [1.165, 1.54) is 25.7 Å². The Hall–Kier alpha value is -1.23. The van der Waals surface area contributed by atoms with Crippen LogP contribution in [0.5, 0.6) is 0 Å². The van der Waals surface area contributed by atoms with Crippen molar-refractivity contribution < 1.29 is 0 Å².